The molecule has 1 aromatic rings. The van der Waals surface area contributed by atoms with Crippen molar-refractivity contribution < 1.29 is 4.74 Å². The lowest BCUT2D eigenvalue weighted by Gasteiger charge is -2.43. The first kappa shape index (κ1) is 15.0. The summed E-state index contributed by atoms with van der Waals surface area (Å²) >= 11 is 0. The van der Waals surface area contributed by atoms with Gasteiger partial charge in [-0.05, 0) is 44.9 Å². The van der Waals surface area contributed by atoms with Crippen LogP contribution in [0.1, 0.15) is 52.5 Å². The molecule has 0 N–H and O–H groups in total. The smallest absolute Gasteiger partial charge is 0.120 e. The van der Waals surface area contributed by atoms with E-state index in [-0.39, 0.29) is 5.54 Å². The lowest BCUT2D eigenvalue weighted by molar-refractivity contribution is 0.414. The number of anilines is 1. The van der Waals surface area contributed by atoms with E-state index < -0.39 is 0 Å². The second-order valence-corrected chi connectivity index (χ2v) is 6.22. The van der Waals surface area contributed by atoms with E-state index in [2.05, 4.69) is 56.9 Å². The van der Waals surface area contributed by atoms with Gasteiger partial charge in [0, 0.05) is 23.9 Å². The van der Waals surface area contributed by atoms with Crippen molar-refractivity contribution in [3.8, 4) is 5.75 Å². The van der Waals surface area contributed by atoms with E-state index in [1.54, 1.807) is 7.11 Å². The molecule has 1 aliphatic rings. The van der Waals surface area contributed by atoms with Crippen molar-refractivity contribution in [1.82, 2.24) is 0 Å². The molecular formula is C18H27NO. The predicted octanol–water partition coefficient (Wildman–Crippen LogP) is 4.89. The standard InChI is InChI=1S/C18H27NO/c1-6-7-8-11-19-17-12-15(20-5)9-10-16(17)14(2)13-18(19,3)4/h9-10,12-13H,6-8,11H2,1-5H3. The number of unbranched alkanes of at least 4 members (excludes halogenated alkanes) is 2. The maximum Gasteiger partial charge on any atom is 0.120 e. The molecule has 20 heavy (non-hydrogen) atoms. The third kappa shape index (κ3) is 2.84. The Labute approximate surface area is 123 Å². The number of allylic oxidation sites excluding steroid dienone is 1. The molecule has 2 rings (SSSR count). The Kier molecular flexibility index (Phi) is 4.42. The average molecular weight is 273 g/mol. The number of methoxy groups -OCH3 is 1. The Bertz CT molecular complexity index is 502. The minimum absolute atomic E-state index is 0.0667. The Morgan fingerprint density at radius 2 is 1.95 bits per heavy atom. The van der Waals surface area contributed by atoms with Crippen molar-refractivity contribution in [1.29, 1.82) is 0 Å². The third-order valence-corrected chi connectivity index (χ3v) is 4.17. The molecule has 1 heterocycles. The van der Waals surface area contributed by atoms with Crippen LogP contribution in [0.25, 0.3) is 5.57 Å². The van der Waals surface area contributed by atoms with Gasteiger partial charge in [0.15, 0.2) is 0 Å². The molecule has 110 valence electrons. The molecule has 2 heteroatoms. The van der Waals surface area contributed by atoms with Gasteiger partial charge in [-0.15, -0.1) is 0 Å². The molecule has 1 aliphatic heterocycles. The van der Waals surface area contributed by atoms with Crippen LogP contribution < -0.4 is 9.64 Å². The van der Waals surface area contributed by atoms with E-state index in [4.69, 9.17) is 4.74 Å². The highest BCUT2D eigenvalue weighted by molar-refractivity contribution is 5.82. The van der Waals surface area contributed by atoms with E-state index >= 15 is 0 Å². The first-order valence-corrected chi connectivity index (χ1v) is 7.65. The highest BCUT2D eigenvalue weighted by Gasteiger charge is 2.30. The van der Waals surface area contributed by atoms with E-state index in [1.807, 2.05) is 0 Å². The van der Waals surface area contributed by atoms with Crippen molar-refractivity contribution in [3.05, 3.63) is 29.8 Å². The quantitative estimate of drug-likeness (QED) is 0.708. The summed E-state index contributed by atoms with van der Waals surface area (Å²) in [6.45, 7) is 10.2. The number of benzene rings is 1. The molecule has 1 aromatic carbocycles. The molecule has 0 spiro atoms. The topological polar surface area (TPSA) is 12.5 Å². The molecule has 0 saturated carbocycles. The van der Waals surface area contributed by atoms with Gasteiger partial charge in [0.2, 0.25) is 0 Å². The summed E-state index contributed by atoms with van der Waals surface area (Å²) in [6, 6.07) is 6.42. The first-order chi connectivity index (χ1) is 9.49. The zero-order valence-electron chi connectivity index (χ0n) is 13.5. The van der Waals surface area contributed by atoms with Crippen LogP contribution in [0.15, 0.2) is 24.3 Å². The Balaban J connectivity index is 2.39. The maximum atomic E-state index is 5.41. The van der Waals surface area contributed by atoms with Crippen LogP contribution in [-0.2, 0) is 0 Å². The van der Waals surface area contributed by atoms with E-state index in [9.17, 15) is 0 Å². The Morgan fingerprint density at radius 1 is 1.20 bits per heavy atom. The number of rotatable bonds is 5. The Hall–Kier alpha value is -1.44. The van der Waals surface area contributed by atoms with Crippen LogP contribution in [0.4, 0.5) is 5.69 Å². The molecule has 0 aliphatic carbocycles. The summed E-state index contributed by atoms with van der Waals surface area (Å²) in [5.41, 5.74) is 4.07. The van der Waals surface area contributed by atoms with Crippen molar-refractivity contribution in [2.45, 2.75) is 52.5 Å². The van der Waals surface area contributed by atoms with Gasteiger partial charge in [-0.1, -0.05) is 25.8 Å². The van der Waals surface area contributed by atoms with Gasteiger partial charge in [-0.25, -0.2) is 0 Å². The van der Waals surface area contributed by atoms with Crippen LogP contribution in [0.3, 0.4) is 0 Å². The van der Waals surface area contributed by atoms with Crippen LogP contribution in [0, 0.1) is 0 Å². The van der Waals surface area contributed by atoms with Crippen LogP contribution >= 0.6 is 0 Å². The minimum atomic E-state index is 0.0667. The van der Waals surface area contributed by atoms with Crippen LogP contribution in [0.5, 0.6) is 5.75 Å². The Morgan fingerprint density at radius 3 is 2.60 bits per heavy atom. The SMILES string of the molecule is CCCCCN1c2cc(OC)ccc2C(C)=CC1(C)C. The van der Waals surface area contributed by atoms with Crippen molar-refractivity contribution >= 4 is 11.3 Å². The van der Waals surface area contributed by atoms with Crippen molar-refractivity contribution in [2.75, 3.05) is 18.6 Å². The highest BCUT2D eigenvalue weighted by Crippen LogP contribution is 2.40. The summed E-state index contributed by atoms with van der Waals surface area (Å²) in [6.07, 6.45) is 6.17. The fourth-order valence-corrected chi connectivity index (χ4v) is 3.12. The second kappa shape index (κ2) is 5.90. The minimum Gasteiger partial charge on any atom is -0.497 e. The summed E-state index contributed by atoms with van der Waals surface area (Å²) < 4.78 is 5.41. The van der Waals surface area contributed by atoms with Crippen LogP contribution in [-0.4, -0.2) is 19.2 Å². The molecular weight excluding hydrogens is 246 g/mol. The average Bonchev–Trinajstić information content (AvgIpc) is 2.41. The fourth-order valence-electron chi connectivity index (χ4n) is 3.12. The number of nitrogens with zero attached hydrogens (tertiary/aromatic N) is 1. The highest BCUT2D eigenvalue weighted by atomic mass is 16.5. The fraction of sp³-hybridized carbons (Fsp3) is 0.556. The van der Waals surface area contributed by atoms with Gasteiger partial charge in [0.25, 0.3) is 0 Å². The molecule has 0 saturated heterocycles. The second-order valence-electron chi connectivity index (χ2n) is 6.22. The zero-order valence-corrected chi connectivity index (χ0v) is 13.5. The first-order valence-electron chi connectivity index (χ1n) is 7.65. The molecule has 0 bridgehead atoms. The lowest BCUT2D eigenvalue weighted by atomic mass is 9.88. The zero-order chi connectivity index (χ0) is 14.8. The monoisotopic (exact) mass is 273 g/mol. The molecule has 0 atom stereocenters. The largest absolute Gasteiger partial charge is 0.497 e. The molecule has 0 unspecified atom stereocenters. The van der Waals surface area contributed by atoms with Crippen LogP contribution in [0.2, 0.25) is 0 Å². The summed E-state index contributed by atoms with van der Waals surface area (Å²) in [7, 11) is 1.74. The summed E-state index contributed by atoms with van der Waals surface area (Å²) in [5.74, 6) is 0.940. The van der Waals surface area contributed by atoms with Gasteiger partial charge < -0.3 is 9.64 Å². The number of hydrogen-bond donors (Lipinski definition) is 0. The third-order valence-electron chi connectivity index (χ3n) is 4.17. The van der Waals surface area contributed by atoms with Gasteiger partial charge in [0.1, 0.15) is 5.75 Å². The van der Waals surface area contributed by atoms with Crippen molar-refractivity contribution in [2.24, 2.45) is 0 Å². The predicted molar refractivity (Wildman–Crippen MR) is 87.6 cm³/mol. The number of ether oxygens (including phenoxy) is 1. The molecule has 0 radical (unpaired) electrons. The number of fused-ring (bicyclic) bond motifs is 1. The molecule has 0 amide bonds. The maximum absolute atomic E-state index is 5.41. The van der Waals surface area contributed by atoms with E-state index in [0.717, 1.165) is 12.3 Å². The number of hydrogen-bond acceptors (Lipinski definition) is 2. The van der Waals surface area contributed by atoms with Gasteiger partial charge >= 0.3 is 0 Å². The molecule has 0 fully saturated rings. The normalized spacial score (nSPS) is 16.6. The van der Waals surface area contributed by atoms with Gasteiger partial charge in [-0.3, -0.25) is 0 Å². The lowest BCUT2D eigenvalue weighted by Crippen LogP contribution is -2.45. The summed E-state index contributed by atoms with van der Waals surface area (Å²) in [5, 5.41) is 0. The molecule has 0 aromatic heterocycles. The van der Waals surface area contributed by atoms with E-state index in [1.165, 1.54) is 36.1 Å². The van der Waals surface area contributed by atoms with Gasteiger partial charge in [-0.2, -0.15) is 0 Å². The molecule has 2 nitrogen and oxygen atoms in total. The van der Waals surface area contributed by atoms with Gasteiger partial charge in [0.05, 0.1) is 12.6 Å². The van der Waals surface area contributed by atoms with E-state index in [0.29, 0.717) is 0 Å². The van der Waals surface area contributed by atoms with Crippen molar-refractivity contribution in [3.63, 3.8) is 0 Å². The summed E-state index contributed by atoms with van der Waals surface area (Å²) in [4.78, 5) is 2.52.